The van der Waals surface area contributed by atoms with Gasteiger partial charge < -0.3 is 4.43 Å². The Balaban J connectivity index is 0.000000232. The van der Waals surface area contributed by atoms with Crippen LogP contribution in [0.5, 0.6) is 0 Å². The predicted octanol–water partition coefficient (Wildman–Crippen LogP) is 10.5. The molecule has 46 heavy (non-hydrogen) atoms. The summed E-state index contributed by atoms with van der Waals surface area (Å²) >= 11 is 6.09. The Morgan fingerprint density at radius 2 is 1.54 bits per heavy atom. The van der Waals surface area contributed by atoms with Crippen molar-refractivity contribution in [1.29, 1.82) is 10.5 Å². The van der Waals surface area contributed by atoms with Crippen LogP contribution in [0.15, 0.2) is 64.7 Å². The van der Waals surface area contributed by atoms with E-state index in [-0.39, 0.29) is 22.3 Å². The molecule has 0 aliphatic heterocycles. The maximum atomic E-state index is 13.7. The molecule has 3 aromatic carbocycles. The van der Waals surface area contributed by atoms with E-state index in [1.807, 2.05) is 12.3 Å². The Morgan fingerprint density at radius 3 is 2.11 bits per heavy atom. The fourth-order valence-electron chi connectivity index (χ4n) is 4.84. The number of nitriles is 2. The Labute approximate surface area is 284 Å². The molecule has 0 saturated heterocycles. The van der Waals surface area contributed by atoms with Crippen molar-refractivity contribution in [2.24, 2.45) is 0 Å². The molecule has 234 valence electrons. The van der Waals surface area contributed by atoms with E-state index in [9.17, 15) is 8.78 Å². The molecule has 0 radical (unpaired) electrons. The van der Waals surface area contributed by atoms with Crippen molar-refractivity contribution >= 4 is 46.9 Å². The lowest BCUT2D eigenvalue weighted by atomic mass is 10.0. The second-order valence-corrected chi connectivity index (χ2v) is 20.3. The summed E-state index contributed by atoms with van der Waals surface area (Å²) in [5.41, 5.74) is 5.35. The fraction of sp³-hybridized carbons (Fsp3) is 0.265. The number of benzene rings is 3. The quantitative estimate of drug-likeness (QED) is 0.167. The van der Waals surface area contributed by atoms with Gasteiger partial charge >= 0.3 is 0 Å². The molecule has 12 heteroatoms. The van der Waals surface area contributed by atoms with Gasteiger partial charge in [0.25, 0.3) is 0 Å². The molecule has 6 rings (SSSR count). The molecule has 2 heterocycles. The van der Waals surface area contributed by atoms with Crippen molar-refractivity contribution in [3.05, 3.63) is 98.6 Å². The minimum absolute atomic E-state index is 0.0128. The summed E-state index contributed by atoms with van der Waals surface area (Å²) in [6.07, 6.45) is 4.03. The molecule has 1 atom stereocenters. The Morgan fingerprint density at radius 1 is 0.913 bits per heavy atom. The number of thiazole rings is 1. The molecule has 5 aromatic rings. The maximum absolute atomic E-state index is 13.7. The van der Waals surface area contributed by atoms with Gasteiger partial charge in [-0.05, 0) is 100.0 Å². The average molecular weight is 735 g/mol. The third kappa shape index (κ3) is 7.17. The van der Waals surface area contributed by atoms with Crippen molar-refractivity contribution in [3.8, 4) is 43.7 Å². The number of hydrogen-bond acceptors (Lipinski definition) is 8. The van der Waals surface area contributed by atoms with Gasteiger partial charge in [-0.2, -0.15) is 10.5 Å². The van der Waals surface area contributed by atoms with Gasteiger partial charge in [0.15, 0.2) is 12.2 Å². The van der Waals surface area contributed by atoms with E-state index >= 15 is 0 Å². The molecule has 0 unspecified atom stereocenters. The van der Waals surface area contributed by atoms with E-state index in [2.05, 4.69) is 83.2 Å². The summed E-state index contributed by atoms with van der Waals surface area (Å²) < 4.78 is 34.1. The van der Waals surface area contributed by atoms with Crippen LogP contribution in [0.25, 0.3) is 31.6 Å². The second kappa shape index (κ2) is 13.6. The minimum atomic E-state index is -1.86. The molecular formula is C34H30BrF2N5OS2Si. The Hall–Kier alpha value is -3.65. The number of halogens is 3. The summed E-state index contributed by atoms with van der Waals surface area (Å²) in [5, 5.41) is 27.1. The highest BCUT2D eigenvalue weighted by Crippen LogP contribution is 2.46. The standard InChI is InChI=1S/C25H27FN2OSSi.C9H3BrFN3S/c1-25(2,3)31(4,5)29-22-12-10-18-19(22)7-6-8-20(18)23-15-28-24(30-23)16-9-11-21(26)17(13-16)14-27;10-9-14-13-8(15-9)5-1-2-7(11)6(3-5)4-12/h6-9,11,13,15,22H,10,12H2,1-5H3;1-3H/t22-;/m0./s1. The number of rotatable bonds is 5. The lowest BCUT2D eigenvalue weighted by Gasteiger charge is -2.38. The number of aromatic nitrogens is 3. The SMILES string of the molecule is CC(C)(C)[Si](C)(C)O[C@H]1CCc2c(-c3cnc(-c4ccc(F)c(C#N)c4)s3)cccc21.N#Cc1cc(-c2nnc(Br)s2)ccc1F. The van der Waals surface area contributed by atoms with Gasteiger partial charge in [-0.1, -0.05) is 50.3 Å². The molecule has 0 bridgehead atoms. The summed E-state index contributed by atoms with van der Waals surface area (Å²) in [4.78, 5) is 5.65. The predicted molar refractivity (Wildman–Crippen MR) is 185 cm³/mol. The highest BCUT2D eigenvalue weighted by atomic mass is 79.9. The minimum Gasteiger partial charge on any atom is -0.410 e. The summed E-state index contributed by atoms with van der Waals surface area (Å²) in [5.74, 6) is -1.03. The van der Waals surface area contributed by atoms with Crippen LogP contribution in [-0.4, -0.2) is 23.5 Å². The first-order valence-electron chi connectivity index (χ1n) is 14.5. The number of nitrogens with zero attached hydrogens (tertiary/aromatic N) is 5. The lowest BCUT2D eigenvalue weighted by Crippen LogP contribution is -2.41. The second-order valence-electron chi connectivity index (χ2n) is 12.3. The Kier molecular flexibility index (Phi) is 9.97. The maximum Gasteiger partial charge on any atom is 0.192 e. The normalized spacial score (nSPS) is 14.2. The first-order chi connectivity index (χ1) is 21.8. The molecular weight excluding hydrogens is 705 g/mol. The van der Waals surface area contributed by atoms with E-state index in [0.717, 1.165) is 28.3 Å². The largest absolute Gasteiger partial charge is 0.410 e. The van der Waals surface area contributed by atoms with Crippen molar-refractivity contribution in [1.82, 2.24) is 15.2 Å². The molecule has 6 nitrogen and oxygen atoms in total. The van der Waals surface area contributed by atoms with Gasteiger partial charge in [0.1, 0.15) is 33.8 Å². The van der Waals surface area contributed by atoms with Crippen LogP contribution in [0, 0.1) is 34.3 Å². The van der Waals surface area contributed by atoms with Gasteiger partial charge in [0.2, 0.25) is 0 Å². The fourth-order valence-corrected chi connectivity index (χ4v) is 8.23. The molecule has 1 aliphatic carbocycles. The monoisotopic (exact) mass is 733 g/mol. The highest BCUT2D eigenvalue weighted by molar-refractivity contribution is 9.11. The number of hydrogen-bond donors (Lipinski definition) is 0. The summed E-state index contributed by atoms with van der Waals surface area (Å²) in [6.45, 7) is 11.4. The highest BCUT2D eigenvalue weighted by Gasteiger charge is 2.41. The van der Waals surface area contributed by atoms with Crippen LogP contribution < -0.4 is 0 Å². The van der Waals surface area contributed by atoms with Gasteiger partial charge in [-0.25, -0.2) is 13.8 Å². The first kappa shape index (κ1) is 33.7. The summed E-state index contributed by atoms with van der Waals surface area (Å²) in [7, 11) is -1.86. The van der Waals surface area contributed by atoms with Crippen LogP contribution in [0.1, 0.15) is 55.5 Å². The molecule has 0 spiro atoms. The first-order valence-corrected chi connectivity index (χ1v) is 19.8. The van der Waals surface area contributed by atoms with Crippen LogP contribution in [0.3, 0.4) is 0 Å². The van der Waals surface area contributed by atoms with Gasteiger partial charge in [-0.15, -0.1) is 21.5 Å². The molecule has 0 N–H and O–H groups in total. The molecule has 2 aromatic heterocycles. The van der Waals surface area contributed by atoms with Crippen molar-refractivity contribution in [2.75, 3.05) is 0 Å². The van der Waals surface area contributed by atoms with Crippen molar-refractivity contribution in [3.63, 3.8) is 0 Å². The third-order valence-corrected chi connectivity index (χ3v) is 15.3. The van der Waals surface area contributed by atoms with Gasteiger partial charge in [0, 0.05) is 17.3 Å². The van der Waals surface area contributed by atoms with Gasteiger partial charge in [-0.3, -0.25) is 0 Å². The van der Waals surface area contributed by atoms with Gasteiger partial charge in [0.05, 0.1) is 22.1 Å². The molecule has 0 amide bonds. The van der Waals surface area contributed by atoms with E-state index in [1.54, 1.807) is 35.6 Å². The number of fused-ring (bicyclic) bond motifs is 1. The van der Waals surface area contributed by atoms with Crippen molar-refractivity contribution < 1.29 is 13.2 Å². The van der Waals surface area contributed by atoms with Crippen LogP contribution in [-0.2, 0) is 10.8 Å². The smallest absolute Gasteiger partial charge is 0.192 e. The summed E-state index contributed by atoms with van der Waals surface area (Å²) in [6, 6.07) is 19.0. The zero-order chi connectivity index (χ0) is 33.2. The zero-order valence-corrected chi connectivity index (χ0v) is 30.1. The zero-order valence-electron chi connectivity index (χ0n) is 25.9. The van der Waals surface area contributed by atoms with E-state index < -0.39 is 20.0 Å². The lowest BCUT2D eigenvalue weighted by molar-refractivity contribution is 0.185. The average Bonchev–Trinajstić information content (AvgIpc) is 3.78. The molecule has 0 saturated carbocycles. The van der Waals surface area contributed by atoms with Crippen LogP contribution in [0.4, 0.5) is 8.78 Å². The van der Waals surface area contributed by atoms with Crippen LogP contribution >= 0.6 is 38.6 Å². The van der Waals surface area contributed by atoms with Crippen molar-refractivity contribution in [2.45, 2.75) is 57.8 Å². The van der Waals surface area contributed by atoms with E-state index in [0.29, 0.717) is 14.5 Å². The van der Waals surface area contributed by atoms with Crippen LogP contribution in [0.2, 0.25) is 18.1 Å². The third-order valence-electron chi connectivity index (χ3n) is 8.30. The molecule has 1 aliphatic rings. The molecule has 0 fully saturated rings. The van der Waals surface area contributed by atoms with E-state index in [1.165, 1.54) is 46.2 Å². The van der Waals surface area contributed by atoms with E-state index in [4.69, 9.17) is 14.9 Å². The Bertz CT molecular complexity index is 1990. The topological polar surface area (TPSA) is 95.5 Å².